The monoisotopic (exact) mass is 451 g/mol. The molecule has 4 nitrogen and oxygen atoms in total. The van der Waals surface area contributed by atoms with E-state index in [4.69, 9.17) is 28.2 Å². The van der Waals surface area contributed by atoms with Gasteiger partial charge < -0.3 is 14.6 Å². The zero-order valence-corrected chi connectivity index (χ0v) is 19.1. The van der Waals surface area contributed by atoms with Crippen LogP contribution >= 0.6 is 23.8 Å². The topological polar surface area (TPSA) is 41.3 Å². The Hall–Kier alpha value is -2.37. The molecule has 0 bridgehead atoms. The molecule has 1 aliphatic heterocycles. The lowest BCUT2D eigenvalue weighted by molar-refractivity contribution is 0.179. The number of furan rings is 1. The molecule has 5 rings (SSSR count). The van der Waals surface area contributed by atoms with Crippen molar-refractivity contribution in [1.29, 1.82) is 0 Å². The molecule has 1 saturated carbocycles. The predicted octanol–water partition coefficient (Wildman–Crippen LogP) is 6.61. The van der Waals surface area contributed by atoms with E-state index in [9.17, 15) is 0 Å². The number of thiocarbonyl (C=S) groups is 1. The predicted molar refractivity (Wildman–Crippen MR) is 128 cm³/mol. The molecule has 2 atom stereocenters. The zero-order chi connectivity index (χ0) is 21.4. The number of hydrogen-bond acceptors (Lipinski definition) is 3. The highest BCUT2D eigenvalue weighted by Crippen LogP contribution is 2.44. The van der Waals surface area contributed by atoms with Crippen LogP contribution in [0.4, 0.5) is 0 Å². The van der Waals surface area contributed by atoms with Gasteiger partial charge in [-0.1, -0.05) is 49.1 Å². The summed E-state index contributed by atoms with van der Waals surface area (Å²) in [6.45, 7) is 2.02. The van der Waals surface area contributed by atoms with Crippen LogP contribution in [0.15, 0.2) is 59.1 Å². The van der Waals surface area contributed by atoms with E-state index < -0.39 is 0 Å². The van der Waals surface area contributed by atoms with Crippen LogP contribution < -0.4 is 5.32 Å². The molecule has 2 aliphatic rings. The molecule has 2 fully saturated rings. The van der Waals surface area contributed by atoms with Gasteiger partial charge in [-0.3, -0.25) is 4.98 Å². The van der Waals surface area contributed by atoms with Crippen molar-refractivity contribution in [3.63, 3.8) is 0 Å². The lowest BCUT2D eigenvalue weighted by atomic mass is 9.92. The molecule has 0 amide bonds. The van der Waals surface area contributed by atoms with Crippen molar-refractivity contribution in [1.82, 2.24) is 15.2 Å². The molecule has 31 heavy (non-hydrogen) atoms. The maximum Gasteiger partial charge on any atom is 0.170 e. The molecular formula is C25H26ClN3OS. The number of nitrogens with one attached hydrogen (secondary N) is 1. The summed E-state index contributed by atoms with van der Waals surface area (Å²) in [5.74, 6) is 1.74. The highest BCUT2D eigenvalue weighted by Gasteiger charge is 2.44. The van der Waals surface area contributed by atoms with E-state index in [1.165, 1.54) is 19.3 Å². The quantitative estimate of drug-likeness (QED) is 0.452. The Bertz CT molecular complexity index is 1080. The number of halogens is 1. The molecular weight excluding hydrogens is 426 g/mol. The normalized spacial score (nSPS) is 22.0. The van der Waals surface area contributed by atoms with Crippen molar-refractivity contribution in [2.24, 2.45) is 0 Å². The average molecular weight is 452 g/mol. The van der Waals surface area contributed by atoms with Crippen LogP contribution in [0.2, 0.25) is 5.02 Å². The minimum absolute atomic E-state index is 0.0289. The molecule has 0 spiro atoms. The van der Waals surface area contributed by atoms with Crippen molar-refractivity contribution >= 4 is 28.9 Å². The first-order chi connectivity index (χ1) is 15.1. The lowest BCUT2D eigenvalue weighted by Crippen LogP contribution is -2.40. The fraction of sp³-hybridized carbons (Fsp3) is 0.360. The van der Waals surface area contributed by atoms with E-state index in [0.29, 0.717) is 6.04 Å². The zero-order valence-electron chi connectivity index (χ0n) is 17.6. The summed E-state index contributed by atoms with van der Waals surface area (Å²) in [6, 6.07) is 16.4. The summed E-state index contributed by atoms with van der Waals surface area (Å²) in [4.78, 5) is 7.01. The van der Waals surface area contributed by atoms with Gasteiger partial charge in [0, 0.05) is 22.8 Å². The Morgan fingerprint density at radius 2 is 1.90 bits per heavy atom. The van der Waals surface area contributed by atoms with E-state index in [-0.39, 0.29) is 12.1 Å². The molecule has 3 heterocycles. The molecule has 6 heteroatoms. The van der Waals surface area contributed by atoms with Gasteiger partial charge >= 0.3 is 0 Å². The summed E-state index contributed by atoms with van der Waals surface area (Å²) in [5.41, 5.74) is 3.02. The maximum atomic E-state index is 6.48. The Morgan fingerprint density at radius 1 is 1.06 bits per heavy atom. The van der Waals surface area contributed by atoms with Gasteiger partial charge in [0.2, 0.25) is 0 Å². The Morgan fingerprint density at radius 3 is 2.68 bits per heavy atom. The van der Waals surface area contributed by atoms with Crippen molar-refractivity contribution in [3.05, 3.63) is 76.8 Å². The van der Waals surface area contributed by atoms with Gasteiger partial charge in [-0.25, -0.2) is 0 Å². The third-order valence-corrected chi connectivity index (χ3v) is 7.29. The Balaban J connectivity index is 1.56. The van der Waals surface area contributed by atoms with Crippen molar-refractivity contribution in [2.75, 3.05) is 0 Å². The van der Waals surface area contributed by atoms with Crippen LogP contribution in [-0.2, 0) is 0 Å². The molecule has 2 aromatic heterocycles. The van der Waals surface area contributed by atoms with Crippen LogP contribution in [0.25, 0.3) is 11.3 Å². The van der Waals surface area contributed by atoms with Gasteiger partial charge in [-0.2, -0.15) is 0 Å². The molecule has 1 saturated heterocycles. The smallest absolute Gasteiger partial charge is 0.170 e. The molecule has 1 aliphatic carbocycles. The standard InChI is InChI=1S/C25H26ClN3OS/c1-16-18(10-7-11-19(16)26)21-13-14-22(30-21)24-23(20-12-5-6-15-27-20)28-25(31)29(24)17-8-3-2-4-9-17/h5-7,10-15,17,23-24H,2-4,8-9H2,1H3,(H,28,31)/t23-,24-/m0/s1. The maximum absolute atomic E-state index is 6.48. The highest BCUT2D eigenvalue weighted by atomic mass is 35.5. The van der Waals surface area contributed by atoms with Crippen molar-refractivity contribution < 1.29 is 4.42 Å². The lowest BCUT2D eigenvalue weighted by Gasteiger charge is -2.36. The van der Waals surface area contributed by atoms with E-state index in [1.54, 1.807) is 0 Å². The van der Waals surface area contributed by atoms with Gasteiger partial charge in [0.05, 0.1) is 11.7 Å². The number of pyridine rings is 1. The molecule has 3 aromatic rings. The van der Waals surface area contributed by atoms with E-state index in [1.807, 2.05) is 43.5 Å². The van der Waals surface area contributed by atoms with Gasteiger partial charge in [-0.05, 0) is 67.9 Å². The van der Waals surface area contributed by atoms with Crippen molar-refractivity contribution in [3.8, 4) is 11.3 Å². The molecule has 0 unspecified atom stereocenters. The second-order valence-corrected chi connectivity index (χ2v) is 9.23. The first-order valence-electron chi connectivity index (χ1n) is 11.0. The first kappa shape index (κ1) is 20.5. The molecule has 1 N–H and O–H groups in total. The number of nitrogens with zero attached hydrogens (tertiary/aromatic N) is 2. The fourth-order valence-electron chi connectivity index (χ4n) is 4.95. The molecule has 160 valence electrons. The fourth-order valence-corrected chi connectivity index (χ4v) is 5.52. The van der Waals surface area contributed by atoms with E-state index in [2.05, 4.69) is 33.4 Å². The van der Waals surface area contributed by atoms with Gasteiger partial charge in [0.25, 0.3) is 0 Å². The van der Waals surface area contributed by atoms with Gasteiger partial charge in [0.1, 0.15) is 17.6 Å². The summed E-state index contributed by atoms with van der Waals surface area (Å²) >= 11 is 12.2. The van der Waals surface area contributed by atoms with E-state index >= 15 is 0 Å². The summed E-state index contributed by atoms with van der Waals surface area (Å²) in [5, 5.41) is 5.09. The first-order valence-corrected chi connectivity index (χ1v) is 11.8. The number of rotatable bonds is 4. The summed E-state index contributed by atoms with van der Waals surface area (Å²) in [7, 11) is 0. The Labute approximate surface area is 193 Å². The van der Waals surface area contributed by atoms with Crippen LogP contribution in [0.1, 0.15) is 61.2 Å². The molecule has 1 aromatic carbocycles. The highest BCUT2D eigenvalue weighted by molar-refractivity contribution is 7.80. The van der Waals surface area contributed by atoms with Crippen LogP contribution in [0.3, 0.4) is 0 Å². The van der Waals surface area contributed by atoms with Crippen molar-refractivity contribution in [2.45, 2.75) is 57.2 Å². The van der Waals surface area contributed by atoms with Crippen LogP contribution in [0.5, 0.6) is 0 Å². The van der Waals surface area contributed by atoms with E-state index in [0.717, 1.165) is 51.3 Å². The average Bonchev–Trinajstić information content (AvgIpc) is 3.41. The summed E-state index contributed by atoms with van der Waals surface area (Å²) in [6.07, 6.45) is 7.95. The second kappa shape index (κ2) is 8.64. The minimum atomic E-state index is -0.0462. The summed E-state index contributed by atoms with van der Waals surface area (Å²) < 4.78 is 6.48. The minimum Gasteiger partial charge on any atom is -0.459 e. The number of benzene rings is 1. The Kier molecular flexibility index (Phi) is 5.72. The molecule has 0 radical (unpaired) electrons. The third-order valence-electron chi connectivity index (χ3n) is 6.55. The largest absolute Gasteiger partial charge is 0.459 e. The van der Waals surface area contributed by atoms with Crippen LogP contribution in [-0.4, -0.2) is 21.0 Å². The van der Waals surface area contributed by atoms with Crippen LogP contribution in [0, 0.1) is 6.92 Å². The second-order valence-electron chi connectivity index (χ2n) is 8.44. The third kappa shape index (κ3) is 3.85. The van der Waals surface area contributed by atoms with Gasteiger partial charge in [-0.15, -0.1) is 0 Å². The van der Waals surface area contributed by atoms with Gasteiger partial charge in [0.15, 0.2) is 5.11 Å². The SMILES string of the molecule is Cc1c(Cl)cccc1-c1ccc([C@H]2[C@H](c3ccccn3)NC(=S)N2C2CCCCC2)o1. The number of hydrogen-bond donors (Lipinski definition) is 1. The number of aromatic nitrogens is 1.